The lowest BCUT2D eigenvalue weighted by Crippen LogP contribution is -2.34. The van der Waals surface area contributed by atoms with Crippen molar-refractivity contribution in [3.63, 3.8) is 0 Å². The summed E-state index contributed by atoms with van der Waals surface area (Å²) in [5, 5.41) is 3.63. The summed E-state index contributed by atoms with van der Waals surface area (Å²) in [5.41, 5.74) is 0. The number of hydrogen-bond donors (Lipinski definition) is 1. The fraction of sp³-hybridized carbons (Fsp3) is 0.647. The van der Waals surface area contributed by atoms with E-state index in [1.807, 2.05) is 30.3 Å². The van der Waals surface area contributed by atoms with Crippen LogP contribution in [0, 0.1) is 11.8 Å². The summed E-state index contributed by atoms with van der Waals surface area (Å²) >= 11 is 0. The molecule has 0 aliphatic carbocycles. The van der Waals surface area contributed by atoms with E-state index in [1.165, 1.54) is 12.8 Å². The molecule has 2 nitrogen and oxygen atoms in total. The van der Waals surface area contributed by atoms with Gasteiger partial charge >= 0.3 is 0 Å². The third kappa shape index (κ3) is 7.89. The van der Waals surface area contributed by atoms with Crippen LogP contribution in [0.25, 0.3) is 0 Å². The highest BCUT2D eigenvalue weighted by Crippen LogP contribution is 2.13. The first kappa shape index (κ1) is 16.0. The van der Waals surface area contributed by atoms with Crippen LogP contribution in [0.15, 0.2) is 30.3 Å². The molecule has 0 aliphatic rings. The van der Waals surface area contributed by atoms with Gasteiger partial charge in [0.15, 0.2) is 0 Å². The molecule has 0 bridgehead atoms. The van der Waals surface area contributed by atoms with Crippen molar-refractivity contribution in [2.24, 2.45) is 11.8 Å². The molecule has 0 unspecified atom stereocenters. The van der Waals surface area contributed by atoms with Gasteiger partial charge in [-0.1, -0.05) is 45.9 Å². The lowest BCUT2D eigenvalue weighted by atomic mass is 9.96. The molecule has 0 aliphatic heterocycles. The Hall–Kier alpha value is -1.02. The number of ether oxygens (including phenoxy) is 1. The molecule has 19 heavy (non-hydrogen) atoms. The molecule has 1 N–H and O–H groups in total. The van der Waals surface area contributed by atoms with E-state index in [-0.39, 0.29) is 0 Å². The van der Waals surface area contributed by atoms with Crippen LogP contribution in [0.2, 0.25) is 0 Å². The molecule has 0 fully saturated rings. The lowest BCUT2D eigenvalue weighted by molar-refractivity contribution is 0.286. The third-order valence-corrected chi connectivity index (χ3v) is 3.06. The molecular formula is C17H29NO. The molecule has 108 valence electrons. The van der Waals surface area contributed by atoms with Gasteiger partial charge in [0.1, 0.15) is 12.4 Å². The van der Waals surface area contributed by atoms with Crippen molar-refractivity contribution in [1.82, 2.24) is 5.32 Å². The van der Waals surface area contributed by atoms with Gasteiger partial charge in [0.05, 0.1) is 0 Å². The van der Waals surface area contributed by atoms with Gasteiger partial charge in [0, 0.05) is 12.6 Å². The molecule has 0 aromatic heterocycles. The van der Waals surface area contributed by atoms with Crippen molar-refractivity contribution in [2.45, 2.75) is 46.6 Å². The first-order chi connectivity index (χ1) is 9.08. The van der Waals surface area contributed by atoms with Crippen LogP contribution in [-0.4, -0.2) is 19.2 Å². The second-order valence-corrected chi connectivity index (χ2v) is 6.07. The molecule has 0 amide bonds. The molecule has 2 heteroatoms. The second-order valence-electron chi connectivity index (χ2n) is 6.07. The molecule has 0 radical (unpaired) electrons. The minimum atomic E-state index is 0.611. The van der Waals surface area contributed by atoms with Crippen molar-refractivity contribution in [1.29, 1.82) is 0 Å². The van der Waals surface area contributed by atoms with Crippen molar-refractivity contribution < 1.29 is 4.74 Å². The maximum Gasteiger partial charge on any atom is 0.119 e. The van der Waals surface area contributed by atoms with Gasteiger partial charge in [-0.05, 0) is 36.8 Å². The molecular weight excluding hydrogens is 234 g/mol. The quantitative estimate of drug-likeness (QED) is 0.677. The fourth-order valence-electron chi connectivity index (χ4n) is 2.35. The number of hydrogen-bond acceptors (Lipinski definition) is 2. The smallest absolute Gasteiger partial charge is 0.119 e. The first-order valence-electron chi connectivity index (χ1n) is 7.49. The zero-order chi connectivity index (χ0) is 14.1. The summed E-state index contributed by atoms with van der Waals surface area (Å²) in [4.78, 5) is 0. The molecule has 0 spiro atoms. The van der Waals surface area contributed by atoms with Gasteiger partial charge in [0.2, 0.25) is 0 Å². The van der Waals surface area contributed by atoms with E-state index in [0.717, 1.165) is 30.7 Å². The van der Waals surface area contributed by atoms with E-state index in [1.54, 1.807) is 0 Å². The van der Waals surface area contributed by atoms with E-state index in [2.05, 4.69) is 33.0 Å². The zero-order valence-corrected chi connectivity index (χ0v) is 12.9. The van der Waals surface area contributed by atoms with Gasteiger partial charge in [-0.2, -0.15) is 0 Å². The molecule has 1 rings (SSSR count). The third-order valence-electron chi connectivity index (χ3n) is 3.06. The number of rotatable bonds is 9. The molecule has 1 aromatic rings. The Morgan fingerprint density at radius 2 is 1.53 bits per heavy atom. The van der Waals surface area contributed by atoms with Crippen molar-refractivity contribution in [3.8, 4) is 5.75 Å². The maximum absolute atomic E-state index is 5.70. The minimum Gasteiger partial charge on any atom is -0.492 e. The summed E-state index contributed by atoms with van der Waals surface area (Å²) in [5.74, 6) is 2.44. The van der Waals surface area contributed by atoms with Gasteiger partial charge in [-0.25, -0.2) is 0 Å². The van der Waals surface area contributed by atoms with Crippen molar-refractivity contribution in [2.75, 3.05) is 13.2 Å². The molecule has 0 saturated heterocycles. The van der Waals surface area contributed by atoms with Crippen LogP contribution in [0.4, 0.5) is 0 Å². The molecule has 0 saturated carbocycles. The Morgan fingerprint density at radius 3 is 2.05 bits per heavy atom. The van der Waals surface area contributed by atoms with E-state index >= 15 is 0 Å². The van der Waals surface area contributed by atoms with Crippen LogP contribution >= 0.6 is 0 Å². The average molecular weight is 263 g/mol. The SMILES string of the molecule is CC(C)CC(CC(C)C)NCCOc1ccccc1. The van der Waals surface area contributed by atoms with Crippen molar-refractivity contribution >= 4 is 0 Å². The number of para-hydroxylation sites is 1. The van der Waals surface area contributed by atoms with E-state index in [9.17, 15) is 0 Å². The van der Waals surface area contributed by atoms with Crippen molar-refractivity contribution in [3.05, 3.63) is 30.3 Å². The lowest BCUT2D eigenvalue weighted by Gasteiger charge is -2.22. The Morgan fingerprint density at radius 1 is 0.947 bits per heavy atom. The van der Waals surface area contributed by atoms with E-state index in [0.29, 0.717) is 6.04 Å². The minimum absolute atomic E-state index is 0.611. The highest BCUT2D eigenvalue weighted by molar-refractivity contribution is 5.20. The van der Waals surface area contributed by atoms with Gasteiger partial charge in [0.25, 0.3) is 0 Å². The molecule has 0 heterocycles. The summed E-state index contributed by atoms with van der Waals surface area (Å²) in [6.07, 6.45) is 2.48. The summed E-state index contributed by atoms with van der Waals surface area (Å²) < 4.78 is 5.70. The summed E-state index contributed by atoms with van der Waals surface area (Å²) in [6, 6.07) is 10.6. The van der Waals surface area contributed by atoms with Gasteiger partial charge in [-0.15, -0.1) is 0 Å². The monoisotopic (exact) mass is 263 g/mol. The van der Waals surface area contributed by atoms with Crippen LogP contribution in [0.1, 0.15) is 40.5 Å². The predicted molar refractivity (Wildman–Crippen MR) is 82.6 cm³/mol. The fourth-order valence-corrected chi connectivity index (χ4v) is 2.35. The zero-order valence-electron chi connectivity index (χ0n) is 12.9. The van der Waals surface area contributed by atoms with Crippen LogP contribution < -0.4 is 10.1 Å². The van der Waals surface area contributed by atoms with Crippen LogP contribution in [-0.2, 0) is 0 Å². The molecule has 1 aromatic carbocycles. The largest absolute Gasteiger partial charge is 0.492 e. The van der Waals surface area contributed by atoms with E-state index < -0.39 is 0 Å². The maximum atomic E-state index is 5.70. The molecule has 0 atom stereocenters. The number of nitrogens with one attached hydrogen (secondary N) is 1. The highest BCUT2D eigenvalue weighted by atomic mass is 16.5. The van der Waals surface area contributed by atoms with Gasteiger partial charge in [-0.3, -0.25) is 0 Å². The Kier molecular flexibility index (Phi) is 7.57. The number of benzene rings is 1. The second kappa shape index (κ2) is 8.98. The standard InChI is InChI=1S/C17H29NO/c1-14(2)12-16(13-15(3)4)18-10-11-19-17-8-6-5-7-9-17/h5-9,14-16,18H,10-13H2,1-4H3. The van der Waals surface area contributed by atoms with Crippen LogP contribution in [0.5, 0.6) is 5.75 Å². The topological polar surface area (TPSA) is 21.3 Å². The Bertz CT molecular complexity index is 311. The summed E-state index contributed by atoms with van der Waals surface area (Å²) in [7, 11) is 0. The highest BCUT2D eigenvalue weighted by Gasteiger charge is 2.11. The Balaban J connectivity index is 2.23. The van der Waals surface area contributed by atoms with Crippen LogP contribution in [0.3, 0.4) is 0 Å². The van der Waals surface area contributed by atoms with Gasteiger partial charge < -0.3 is 10.1 Å². The predicted octanol–water partition coefficient (Wildman–Crippen LogP) is 4.12. The average Bonchev–Trinajstić information content (AvgIpc) is 2.34. The summed E-state index contributed by atoms with van der Waals surface area (Å²) in [6.45, 7) is 10.8. The Labute approximate surface area is 118 Å². The van der Waals surface area contributed by atoms with E-state index in [4.69, 9.17) is 4.74 Å². The normalized spacial score (nSPS) is 11.5. The first-order valence-corrected chi connectivity index (χ1v) is 7.49.